The third-order valence-corrected chi connectivity index (χ3v) is 4.98. The van der Waals surface area contributed by atoms with Gasteiger partial charge in [-0.2, -0.15) is 5.10 Å². The molecule has 1 amide bonds. The third kappa shape index (κ3) is 3.79. The molecule has 1 unspecified atom stereocenters. The Morgan fingerprint density at radius 2 is 2.17 bits per heavy atom. The molecule has 1 atom stereocenters. The Labute approximate surface area is 143 Å². The standard InChI is InChI=1S/C17H28N4O3/c1-12(2)20(3)9-17(22)19-15-10-24-11-16-14(15)8-18-21(16)13-4-6-23-7-5-13/h8,12-13,15H,4-7,9-11H2,1-3H3,(H,19,22). The largest absolute Gasteiger partial charge is 0.381 e. The second-order valence-corrected chi connectivity index (χ2v) is 6.98. The SMILES string of the molecule is CC(C)N(C)CC(=O)NC1COCc2c1cnn2C1CCOCC1. The number of nitrogens with one attached hydrogen (secondary N) is 1. The van der Waals surface area contributed by atoms with Gasteiger partial charge in [-0.15, -0.1) is 0 Å². The van der Waals surface area contributed by atoms with Crippen LogP contribution in [-0.2, 0) is 20.9 Å². The van der Waals surface area contributed by atoms with Crippen molar-refractivity contribution in [3.8, 4) is 0 Å². The van der Waals surface area contributed by atoms with Crippen LogP contribution in [0.4, 0.5) is 0 Å². The lowest BCUT2D eigenvalue weighted by Gasteiger charge is -2.29. The number of rotatable bonds is 5. The number of likely N-dealkylation sites (N-methyl/N-ethyl adjacent to an activating group) is 1. The number of fused-ring (bicyclic) bond motifs is 1. The van der Waals surface area contributed by atoms with E-state index in [1.165, 1.54) is 0 Å². The number of carbonyl (C=O) groups excluding carboxylic acids is 1. The molecule has 1 aromatic heterocycles. The summed E-state index contributed by atoms with van der Waals surface area (Å²) in [6.45, 7) is 7.16. The highest BCUT2D eigenvalue weighted by atomic mass is 16.5. The van der Waals surface area contributed by atoms with Crippen LogP contribution in [0.5, 0.6) is 0 Å². The van der Waals surface area contributed by atoms with Crippen LogP contribution in [0.2, 0.25) is 0 Å². The number of hydrogen-bond donors (Lipinski definition) is 1. The number of carbonyl (C=O) groups is 1. The van der Waals surface area contributed by atoms with Crippen LogP contribution in [0.25, 0.3) is 0 Å². The predicted molar refractivity (Wildman–Crippen MR) is 89.6 cm³/mol. The normalized spacial score (nSPS) is 22.0. The molecule has 1 aromatic rings. The minimum Gasteiger partial charge on any atom is -0.381 e. The number of ether oxygens (including phenoxy) is 2. The first-order valence-corrected chi connectivity index (χ1v) is 8.77. The van der Waals surface area contributed by atoms with Crippen LogP contribution in [-0.4, -0.2) is 60.0 Å². The van der Waals surface area contributed by atoms with Gasteiger partial charge in [0.05, 0.1) is 43.7 Å². The molecular formula is C17H28N4O3. The van der Waals surface area contributed by atoms with Crippen LogP contribution in [0.3, 0.4) is 0 Å². The monoisotopic (exact) mass is 336 g/mol. The van der Waals surface area contributed by atoms with Gasteiger partial charge >= 0.3 is 0 Å². The van der Waals surface area contributed by atoms with Gasteiger partial charge in [0.2, 0.25) is 5.91 Å². The van der Waals surface area contributed by atoms with Crippen LogP contribution in [0.1, 0.15) is 50.0 Å². The van der Waals surface area contributed by atoms with E-state index in [2.05, 4.69) is 28.9 Å². The smallest absolute Gasteiger partial charge is 0.234 e. The van der Waals surface area contributed by atoms with Crippen LogP contribution < -0.4 is 5.32 Å². The maximum atomic E-state index is 12.3. The molecule has 2 aliphatic heterocycles. The lowest BCUT2D eigenvalue weighted by atomic mass is 10.0. The van der Waals surface area contributed by atoms with Gasteiger partial charge < -0.3 is 14.8 Å². The van der Waals surface area contributed by atoms with E-state index in [1.807, 2.05) is 18.1 Å². The lowest BCUT2D eigenvalue weighted by Crippen LogP contribution is -2.42. The van der Waals surface area contributed by atoms with Crippen LogP contribution >= 0.6 is 0 Å². The van der Waals surface area contributed by atoms with Crippen LogP contribution in [0, 0.1) is 0 Å². The summed E-state index contributed by atoms with van der Waals surface area (Å²) >= 11 is 0. The first-order valence-electron chi connectivity index (χ1n) is 8.77. The van der Waals surface area contributed by atoms with Crippen molar-refractivity contribution in [2.24, 2.45) is 0 Å². The Morgan fingerprint density at radius 3 is 2.88 bits per heavy atom. The fourth-order valence-electron chi connectivity index (χ4n) is 3.22. The minimum absolute atomic E-state index is 0.0199. The van der Waals surface area contributed by atoms with Crippen LogP contribution in [0.15, 0.2) is 6.20 Å². The Bertz CT molecular complexity index is 566. The van der Waals surface area contributed by atoms with Gasteiger partial charge in [0.1, 0.15) is 0 Å². The molecule has 0 aliphatic carbocycles. The summed E-state index contributed by atoms with van der Waals surface area (Å²) in [5.74, 6) is 0.0199. The summed E-state index contributed by atoms with van der Waals surface area (Å²) in [5, 5.41) is 7.68. The average molecular weight is 336 g/mol. The quantitative estimate of drug-likeness (QED) is 0.877. The number of hydrogen-bond acceptors (Lipinski definition) is 5. The summed E-state index contributed by atoms with van der Waals surface area (Å²) in [6, 6.07) is 0.591. The van der Waals surface area contributed by atoms with Crippen molar-refractivity contribution in [3.63, 3.8) is 0 Å². The van der Waals surface area contributed by atoms with Gasteiger partial charge in [-0.05, 0) is 33.7 Å². The zero-order chi connectivity index (χ0) is 17.1. The molecule has 3 rings (SSSR count). The average Bonchev–Trinajstić information content (AvgIpc) is 3.00. The molecule has 0 saturated carbocycles. The molecule has 1 saturated heterocycles. The van der Waals surface area contributed by atoms with Crippen molar-refractivity contribution in [2.45, 2.75) is 51.4 Å². The molecule has 0 radical (unpaired) electrons. The maximum absolute atomic E-state index is 12.3. The summed E-state index contributed by atoms with van der Waals surface area (Å²) in [7, 11) is 1.95. The molecule has 7 nitrogen and oxygen atoms in total. The van der Waals surface area contributed by atoms with Gasteiger partial charge in [-0.25, -0.2) is 0 Å². The van der Waals surface area contributed by atoms with E-state index < -0.39 is 0 Å². The zero-order valence-corrected chi connectivity index (χ0v) is 14.8. The molecule has 1 N–H and O–H groups in total. The minimum atomic E-state index is -0.115. The Balaban J connectivity index is 1.68. The fraction of sp³-hybridized carbons (Fsp3) is 0.765. The van der Waals surface area contributed by atoms with Crippen molar-refractivity contribution >= 4 is 5.91 Å². The van der Waals surface area contributed by atoms with Crippen molar-refractivity contribution in [3.05, 3.63) is 17.5 Å². The second-order valence-electron chi connectivity index (χ2n) is 6.98. The van der Waals surface area contributed by atoms with Crippen molar-refractivity contribution in [2.75, 3.05) is 33.4 Å². The first kappa shape index (κ1) is 17.4. The Hall–Kier alpha value is -1.44. The molecule has 0 aromatic carbocycles. The summed E-state index contributed by atoms with van der Waals surface area (Å²) in [6.07, 6.45) is 3.85. The molecule has 3 heterocycles. The van der Waals surface area contributed by atoms with Gasteiger partial charge in [-0.1, -0.05) is 0 Å². The molecule has 7 heteroatoms. The molecule has 24 heavy (non-hydrogen) atoms. The van der Waals surface area contributed by atoms with E-state index in [4.69, 9.17) is 9.47 Å². The molecule has 2 aliphatic rings. The predicted octanol–water partition coefficient (Wildman–Crippen LogP) is 1.26. The highest BCUT2D eigenvalue weighted by molar-refractivity contribution is 5.78. The van der Waals surface area contributed by atoms with E-state index in [1.54, 1.807) is 0 Å². The lowest BCUT2D eigenvalue weighted by molar-refractivity contribution is -0.123. The third-order valence-electron chi connectivity index (χ3n) is 4.98. The van der Waals surface area contributed by atoms with Gasteiger partial charge in [0.15, 0.2) is 0 Å². The second kappa shape index (κ2) is 7.63. The Morgan fingerprint density at radius 1 is 1.42 bits per heavy atom. The van der Waals surface area contributed by atoms with Crippen molar-refractivity contribution in [1.29, 1.82) is 0 Å². The Kier molecular flexibility index (Phi) is 5.53. The highest BCUT2D eigenvalue weighted by Gasteiger charge is 2.29. The van der Waals surface area contributed by atoms with E-state index in [9.17, 15) is 4.79 Å². The molecule has 0 spiro atoms. The van der Waals surface area contributed by atoms with Crippen molar-refractivity contribution < 1.29 is 14.3 Å². The summed E-state index contributed by atoms with van der Waals surface area (Å²) in [5.41, 5.74) is 2.18. The first-order chi connectivity index (χ1) is 11.6. The molecule has 0 bridgehead atoms. The summed E-state index contributed by atoms with van der Waals surface area (Å²) < 4.78 is 13.2. The highest BCUT2D eigenvalue weighted by Crippen LogP contribution is 2.29. The molecule has 134 valence electrons. The van der Waals surface area contributed by atoms with E-state index in [0.29, 0.717) is 31.8 Å². The molecular weight excluding hydrogens is 308 g/mol. The number of amides is 1. The molecule has 1 fully saturated rings. The van der Waals surface area contributed by atoms with Crippen molar-refractivity contribution in [1.82, 2.24) is 20.0 Å². The van der Waals surface area contributed by atoms with E-state index >= 15 is 0 Å². The number of aromatic nitrogens is 2. The summed E-state index contributed by atoms with van der Waals surface area (Å²) in [4.78, 5) is 14.3. The fourth-order valence-corrected chi connectivity index (χ4v) is 3.22. The topological polar surface area (TPSA) is 68.6 Å². The van der Waals surface area contributed by atoms with Gasteiger partial charge in [0.25, 0.3) is 0 Å². The maximum Gasteiger partial charge on any atom is 0.234 e. The number of nitrogens with zero attached hydrogens (tertiary/aromatic N) is 3. The van der Waals surface area contributed by atoms with Gasteiger partial charge in [0, 0.05) is 24.8 Å². The van der Waals surface area contributed by atoms with Gasteiger partial charge in [-0.3, -0.25) is 14.4 Å². The zero-order valence-electron chi connectivity index (χ0n) is 14.8. The van der Waals surface area contributed by atoms with E-state index in [-0.39, 0.29) is 11.9 Å². The van der Waals surface area contributed by atoms with E-state index in [0.717, 1.165) is 37.3 Å².